The number of carbonyl (C=O) groups excluding carboxylic acids is 1. The van der Waals surface area contributed by atoms with Crippen LogP contribution in [-0.2, 0) is 9.84 Å². The molecule has 0 unspecified atom stereocenters. The summed E-state index contributed by atoms with van der Waals surface area (Å²) >= 11 is 1.49. The van der Waals surface area contributed by atoms with Crippen LogP contribution in [0.15, 0.2) is 29.3 Å². The van der Waals surface area contributed by atoms with Crippen LogP contribution in [-0.4, -0.2) is 48.3 Å². The first kappa shape index (κ1) is 16.9. The van der Waals surface area contributed by atoms with Crippen LogP contribution < -0.4 is 10.6 Å². The first-order chi connectivity index (χ1) is 12.0. The van der Waals surface area contributed by atoms with Gasteiger partial charge in [0.1, 0.15) is 0 Å². The Hall–Kier alpha value is -1.54. The van der Waals surface area contributed by atoms with E-state index in [1.54, 1.807) is 12.1 Å². The summed E-state index contributed by atoms with van der Waals surface area (Å²) in [5.74, 6) is 0.332. The Labute approximate surface area is 151 Å². The molecule has 3 aliphatic rings. The van der Waals surface area contributed by atoms with Gasteiger partial charge >= 0.3 is 0 Å². The molecule has 0 spiro atoms. The molecule has 1 saturated heterocycles. The molecule has 134 valence electrons. The summed E-state index contributed by atoms with van der Waals surface area (Å²) in [6.45, 7) is 0. The van der Waals surface area contributed by atoms with Crippen molar-refractivity contribution in [3.8, 4) is 0 Å². The molecule has 8 heteroatoms. The standard InChI is InChI=1S/C17H21N3O3S2/c21-16(18-12-3-1-2-4-12)11-5-7-13(8-6-11)19-17-20-14-9-25(22,23)10-15(14)24-17/h5-8,12,14-15H,1-4,9-10H2,(H,18,21)(H,19,20)/t14-,15+/m1/s1. The molecule has 4 rings (SSSR count). The van der Waals surface area contributed by atoms with Crippen LogP contribution in [0.3, 0.4) is 0 Å². The van der Waals surface area contributed by atoms with Gasteiger partial charge in [0, 0.05) is 22.5 Å². The van der Waals surface area contributed by atoms with Crippen LogP contribution in [0.25, 0.3) is 0 Å². The number of fused-ring (bicyclic) bond motifs is 1. The Bertz CT molecular complexity index is 799. The zero-order valence-corrected chi connectivity index (χ0v) is 15.4. The first-order valence-corrected chi connectivity index (χ1v) is 11.3. The number of hydrogen-bond acceptors (Lipinski definition) is 6. The first-order valence-electron chi connectivity index (χ1n) is 8.61. The van der Waals surface area contributed by atoms with Crippen LogP contribution in [0.2, 0.25) is 0 Å². The fraction of sp³-hybridized carbons (Fsp3) is 0.529. The van der Waals surface area contributed by atoms with Gasteiger partial charge in [0.25, 0.3) is 5.91 Å². The van der Waals surface area contributed by atoms with Gasteiger partial charge < -0.3 is 10.6 Å². The van der Waals surface area contributed by atoms with Crippen LogP contribution in [0.5, 0.6) is 0 Å². The molecule has 2 fully saturated rings. The molecular formula is C17H21N3O3S2. The summed E-state index contributed by atoms with van der Waals surface area (Å²) in [5.41, 5.74) is 1.51. The minimum Gasteiger partial charge on any atom is -0.349 e. The van der Waals surface area contributed by atoms with Crippen molar-refractivity contribution < 1.29 is 13.2 Å². The molecule has 2 aliphatic heterocycles. The average molecular weight is 380 g/mol. The predicted octanol–water partition coefficient (Wildman–Crippen LogP) is 2.04. The van der Waals surface area contributed by atoms with Gasteiger partial charge in [0.2, 0.25) is 0 Å². The molecule has 1 aromatic rings. The van der Waals surface area contributed by atoms with Gasteiger partial charge in [-0.15, -0.1) is 0 Å². The van der Waals surface area contributed by atoms with E-state index in [0.29, 0.717) is 11.6 Å². The Morgan fingerprint density at radius 2 is 1.84 bits per heavy atom. The van der Waals surface area contributed by atoms with E-state index in [1.165, 1.54) is 24.6 Å². The SMILES string of the molecule is O=C(NC1CCCC1)c1ccc(NC2=N[C@@H]3CS(=O)(=O)C[C@@H]3S2)cc1. The highest BCUT2D eigenvalue weighted by molar-refractivity contribution is 8.15. The van der Waals surface area contributed by atoms with Gasteiger partial charge in [-0.2, -0.15) is 0 Å². The fourth-order valence-corrected chi connectivity index (χ4v) is 7.26. The second-order valence-corrected chi connectivity index (χ2v) is 10.3. The molecule has 1 aliphatic carbocycles. The average Bonchev–Trinajstić information content (AvgIpc) is 3.23. The summed E-state index contributed by atoms with van der Waals surface area (Å²) in [6, 6.07) is 7.50. The maximum atomic E-state index is 12.2. The van der Waals surface area contributed by atoms with Gasteiger partial charge in [-0.3, -0.25) is 9.79 Å². The molecular weight excluding hydrogens is 358 g/mol. The lowest BCUT2D eigenvalue weighted by molar-refractivity contribution is 0.0938. The van der Waals surface area contributed by atoms with Crippen molar-refractivity contribution in [3.63, 3.8) is 0 Å². The van der Waals surface area contributed by atoms with Gasteiger partial charge in [-0.1, -0.05) is 24.6 Å². The number of sulfone groups is 1. The zero-order chi connectivity index (χ0) is 17.4. The number of aliphatic imine (C=N–C) groups is 1. The fourth-order valence-electron chi connectivity index (χ4n) is 3.58. The van der Waals surface area contributed by atoms with E-state index in [1.807, 2.05) is 12.1 Å². The van der Waals surface area contributed by atoms with E-state index in [0.717, 1.165) is 23.7 Å². The van der Waals surface area contributed by atoms with Crippen LogP contribution in [0.4, 0.5) is 5.69 Å². The highest BCUT2D eigenvalue weighted by atomic mass is 32.2. The number of nitrogens with zero attached hydrogens (tertiary/aromatic N) is 1. The van der Waals surface area contributed by atoms with Crippen molar-refractivity contribution in [1.82, 2.24) is 5.32 Å². The molecule has 1 amide bonds. The van der Waals surface area contributed by atoms with Crippen molar-refractivity contribution in [2.24, 2.45) is 4.99 Å². The summed E-state index contributed by atoms with van der Waals surface area (Å²) < 4.78 is 23.2. The van der Waals surface area contributed by atoms with Crippen LogP contribution in [0, 0.1) is 0 Å². The number of nitrogens with one attached hydrogen (secondary N) is 2. The third-order valence-electron chi connectivity index (χ3n) is 4.91. The number of benzene rings is 1. The van der Waals surface area contributed by atoms with E-state index in [4.69, 9.17) is 0 Å². The topological polar surface area (TPSA) is 87.6 Å². The lowest BCUT2D eigenvalue weighted by Gasteiger charge is -2.12. The summed E-state index contributed by atoms with van der Waals surface area (Å²) in [5, 5.41) is 7.09. The Balaban J connectivity index is 1.36. The Kier molecular flexibility index (Phi) is 4.49. The molecule has 6 nitrogen and oxygen atoms in total. The predicted molar refractivity (Wildman–Crippen MR) is 101 cm³/mol. The molecule has 2 atom stereocenters. The van der Waals surface area contributed by atoms with Crippen molar-refractivity contribution in [2.45, 2.75) is 43.0 Å². The molecule has 1 aromatic carbocycles. The minimum atomic E-state index is -2.93. The maximum Gasteiger partial charge on any atom is 0.251 e. The van der Waals surface area contributed by atoms with Gasteiger partial charge in [0.15, 0.2) is 15.0 Å². The van der Waals surface area contributed by atoms with E-state index >= 15 is 0 Å². The molecule has 0 bridgehead atoms. The highest BCUT2D eigenvalue weighted by Crippen LogP contribution is 2.34. The molecule has 0 aromatic heterocycles. The van der Waals surface area contributed by atoms with E-state index in [-0.39, 0.29) is 28.7 Å². The lowest BCUT2D eigenvalue weighted by atomic mass is 10.1. The van der Waals surface area contributed by atoms with E-state index in [2.05, 4.69) is 15.6 Å². The van der Waals surface area contributed by atoms with Crippen molar-refractivity contribution in [2.75, 3.05) is 16.8 Å². The number of anilines is 1. The zero-order valence-electron chi connectivity index (χ0n) is 13.8. The number of amides is 1. The Morgan fingerprint density at radius 3 is 2.52 bits per heavy atom. The van der Waals surface area contributed by atoms with E-state index < -0.39 is 9.84 Å². The smallest absolute Gasteiger partial charge is 0.251 e. The number of carbonyl (C=O) groups is 1. The van der Waals surface area contributed by atoms with Crippen molar-refractivity contribution in [1.29, 1.82) is 0 Å². The third-order valence-corrected chi connectivity index (χ3v) is 8.05. The second kappa shape index (κ2) is 6.64. The molecule has 25 heavy (non-hydrogen) atoms. The normalized spacial score (nSPS) is 27.8. The number of hydrogen-bond donors (Lipinski definition) is 2. The van der Waals surface area contributed by atoms with Gasteiger partial charge in [-0.25, -0.2) is 8.42 Å². The molecule has 1 saturated carbocycles. The number of rotatable bonds is 3. The highest BCUT2D eigenvalue weighted by Gasteiger charge is 2.42. The molecule has 0 radical (unpaired) electrons. The summed E-state index contributed by atoms with van der Waals surface area (Å²) in [4.78, 5) is 16.7. The van der Waals surface area contributed by atoms with Gasteiger partial charge in [-0.05, 0) is 37.1 Å². The van der Waals surface area contributed by atoms with Crippen LogP contribution >= 0.6 is 11.8 Å². The van der Waals surface area contributed by atoms with Crippen molar-refractivity contribution >= 4 is 38.4 Å². The lowest BCUT2D eigenvalue weighted by Crippen LogP contribution is -2.32. The van der Waals surface area contributed by atoms with Crippen molar-refractivity contribution in [3.05, 3.63) is 29.8 Å². The quantitative estimate of drug-likeness (QED) is 0.839. The number of thioether (sulfide) groups is 1. The molecule has 2 heterocycles. The second-order valence-electron chi connectivity index (χ2n) is 6.89. The maximum absolute atomic E-state index is 12.2. The monoisotopic (exact) mass is 379 g/mol. The van der Waals surface area contributed by atoms with Gasteiger partial charge in [0.05, 0.1) is 17.5 Å². The summed E-state index contributed by atoms with van der Waals surface area (Å²) in [6.07, 6.45) is 4.52. The largest absolute Gasteiger partial charge is 0.349 e. The number of amidine groups is 1. The van der Waals surface area contributed by atoms with E-state index in [9.17, 15) is 13.2 Å². The minimum absolute atomic E-state index is 0.0224. The Morgan fingerprint density at radius 1 is 1.12 bits per heavy atom. The molecule has 2 N–H and O–H groups in total. The summed E-state index contributed by atoms with van der Waals surface area (Å²) in [7, 11) is -2.93. The third kappa shape index (κ3) is 3.84. The van der Waals surface area contributed by atoms with Crippen LogP contribution in [0.1, 0.15) is 36.0 Å².